The van der Waals surface area contributed by atoms with Gasteiger partial charge in [-0.2, -0.15) is 0 Å². The number of nitrogens with zero attached hydrogens (tertiary/aromatic N) is 2. The molecule has 104 valence electrons. The molecule has 1 heterocycles. The van der Waals surface area contributed by atoms with Gasteiger partial charge in [0.05, 0.1) is 11.4 Å². The molecule has 5 nitrogen and oxygen atoms in total. The van der Waals surface area contributed by atoms with E-state index in [1.807, 2.05) is 5.48 Å². The van der Waals surface area contributed by atoms with Crippen LogP contribution in [0.25, 0.3) is 17.1 Å². The third-order valence-electron chi connectivity index (χ3n) is 2.82. The predicted octanol–water partition coefficient (Wildman–Crippen LogP) is 3.34. The van der Waals surface area contributed by atoms with Gasteiger partial charge in [-0.05, 0) is 25.1 Å². The van der Waals surface area contributed by atoms with E-state index >= 15 is 0 Å². The summed E-state index contributed by atoms with van der Waals surface area (Å²) in [5, 5.41) is 8.75. The van der Waals surface area contributed by atoms with Gasteiger partial charge in [-0.1, -0.05) is 12.1 Å². The summed E-state index contributed by atoms with van der Waals surface area (Å²) >= 11 is 0. The lowest BCUT2D eigenvalue weighted by molar-refractivity contribution is 0.0935. The monoisotopic (exact) mass is 275 g/mol. The molecule has 2 rings (SSSR count). The van der Waals surface area contributed by atoms with Crippen LogP contribution < -0.4 is 5.48 Å². The van der Waals surface area contributed by atoms with Crippen molar-refractivity contribution in [1.82, 2.24) is 9.55 Å². The number of aromatic nitrogens is 2. The molecule has 1 aromatic heterocycles. The van der Waals surface area contributed by atoms with Crippen LogP contribution in [0.4, 0.5) is 10.1 Å². The second-order valence-corrected chi connectivity index (χ2v) is 4.16. The molecule has 0 aliphatic heterocycles. The van der Waals surface area contributed by atoms with Crippen LogP contribution in [0, 0.1) is 0 Å². The molecular formula is C14H14FN3O2. The third-order valence-corrected chi connectivity index (χ3v) is 2.82. The van der Waals surface area contributed by atoms with Crippen molar-refractivity contribution < 1.29 is 14.4 Å². The van der Waals surface area contributed by atoms with E-state index in [2.05, 4.69) is 4.98 Å². The summed E-state index contributed by atoms with van der Waals surface area (Å²) in [6, 6.07) is 6.72. The molecule has 20 heavy (non-hydrogen) atoms. The summed E-state index contributed by atoms with van der Waals surface area (Å²) < 4.78 is 14.9. The summed E-state index contributed by atoms with van der Waals surface area (Å²) in [6.07, 6.45) is 2.74. The van der Waals surface area contributed by atoms with E-state index in [-0.39, 0.29) is 11.7 Å². The number of benzene rings is 1. The first-order valence-electron chi connectivity index (χ1n) is 6.00. The molecule has 0 spiro atoms. The highest BCUT2D eigenvalue weighted by Crippen LogP contribution is 2.24. The van der Waals surface area contributed by atoms with E-state index in [1.165, 1.54) is 30.7 Å². The number of carbonyl (C=O) groups is 1. The zero-order chi connectivity index (χ0) is 14.7. The average Bonchev–Trinajstić information content (AvgIpc) is 2.92. The van der Waals surface area contributed by atoms with Crippen LogP contribution in [0.5, 0.6) is 0 Å². The molecular weight excluding hydrogens is 261 g/mol. The quantitative estimate of drug-likeness (QED) is 0.843. The standard InChI is InChI=1S/C14H14FN3O2/c1-3-12(15)14-16-13(8-18(14)9(2)19)10-4-6-11(17-20)7-5-10/h3-8,17,20H,1-2H3/b12-3+. The summed E-state index contributed by atoms with van der Waals surface area (Å²) in [5.74, 6) is -0.885. The van der Waals surface area contributed by atoms with E-state index in [1.54, 1.807) is 24.3 Å². The highest BCUT2D eigenvalue weighted by atomic mass is 19.1. The lowest BCUT2D eigenvalue weighted by Gasteiger charge is -1.99. The number of carbonyl (C=O) groups excluding carboxylic acids is 1. The average molecular weight is 275 g/mol. The first-order chi connectivity index (χ1) is 9.56. The fourth-order valence-electron chi connectivity index (χ4n) is 1.77. The Balaban J connectivity index is 2.49. The van der Waals surface area contributed by atoms with Gasteiger partial charge < -0.3 is 0 Å². The minimum atomic E-state index is -0.555. The number of nitrogens with one attached hydrogen (secondary N) is 1. The molecule has 0 radical (unpaired) electrons. The maximum atomic E-state index is 13.7. The zero-order valence-electron chi connectivity index (χ0n) is 11.1. The van der Waals surface area contributed by atoms with Crippen molar-refractivity contribution in [2.75, 3.05) is 5.48 Å². The molecule has 2 aromatic rings. The van der Waals surface area contributed by atoms with E-state index in [9.17, 15) is 9.18 Å². The van der Waals surface area contributed by atoms with E-state index < -0.39 is 5.83 Å². The molecule has 0 saturated carbocycles. The second kappa shape index (κ2) is 5.66. The van der Waals surface area contributed by atoms with Crippen LogP contribution in [0.15, 0.2) is 36.5 Å². The van der Waals surface area contributed by atoms with Gasteiger partial charge in [0.15, 0.2) is 11.7 Å². The van der Waals surface area contributed by atoms with E-state index in [0.29, 0.717) is 16.9 Å². The number of imidazole rings is 1. The Morgan fingerprint density at radius 3 is 2.55 bits per heavy atom. The van der Waals surface area contributed by atoms with E-state index in [0.717, 1.165) is 0 Å². The van der Waals surface area contributed by atoms with Crippen LogP contribution in [0.1, 0.15) is 24.5 Å². The minimum absolute atomic E-state index is 0.0145. The SMILES string of the molecule is C/C=C(/F)c1nc(-c2ccc(NO)cc2)cn1C(C)=O. The molecule has 0 atom stereocenters. The highest BCUT2D eigenvalue weighted by molar-refractivity contribution is 5.81. The number of hydrogen-bond acceptors (Lipinski definition) is 4. The van der Waals surface area contributed by atoms with Gasteiger partial charge in [0.2, 0.25) is 5.91 Å². The third kappa shape index (κ3) is 2.60. The van der Waals surface area contributed by atoms with E-state index in [4.69, 9.17) is 5.21 Å². The summed E-state index contributed by atoms with van der Waals surface area (Å²) in [7, 11) is 0. The number of rotatable bonds is 3. The fourth-order valence-corrected chi connectivity index (χ4v) is 1.77. The molecule has 1 aromatic carbocycles. The Hall–Kier alpha value is -2.47. The van der Waals surface area contributed by atoms with Gasteiger partial charge >= 0.3 is 0 Å². The maximum Gasteiger partial charge on any atom is 0.229 e. The Morgan fingerprint density at radius 1 is 1.40 bits per heavy atom. The molecule has 0 aliphatic carbocycles. The number of halogens is 1. The van der Waals surface area contributed by atoms with Crippen molar-refractivity contribution in [3.05, 3.63) is 42.4 Å². The lowest BCUT2D eigenvalue weighted by Crippen LogP contribution is -2.07. The molecule has 0 saturated heterocycles. The molecule has 6 heteroatoms. The summed E-state index contributed by atoms with van der Waals surface area (Å²) in [5.41, 5.74) is 3.75. The number of allylic oxidation sites excluding steroid dienone is 1. The lowest BCUT2D eigenvalue weighted by atomic mass is 10.1. The van der Waals surface area contributed by atoms with Crippen molar-refractivity contribution in [2.45, 2.75) is 13.8 Å². The van der Waals surface area contributed by atoms with Gasteiger partial charge in [-0.3, -0.25) is 20.0 Å². The second-order valence-electron chi connectivity index (χ2n) is 4.16. The predicted molar refractivity (Wildman–Crippen MR) is 74.1 cm³/mol. The van der Waals surface area contributed by atoms with Crippen LogP contribution in [-0.4, -0.2) is 20.7 Å². The number of hydrogen-bond donors (Lipinski definition) is 2. The molecule has 2 N–H and O–H groups in total. The normalized spacial score (nSPS) is 11.5. The minimum Gasteiger partial charge on any atom is -0.291 e. The van der Waals surface area contributed by atoms with Crippen molar-refractivity contribution in [2.24, 2.45) is 0 Å². The van der Waals surface area contributed by atoms with Crippen LogP contribution in [0.3, 0.4) is 0 Å². The Bertz CT molecular complexity index is 660. The van der Waals surface area contributed by atoms with Crippen LogP contribution >= 0.6 is 0 Å². The summed E-state index contributed by atoms with van der Waals surface area (Å²) in [6.45, 7) is 2.88. The van der Waals surface area contributed by atoms with Gasteiger partial charge in [0, 0.05) is 18.7 Å². The highest BCUT2D eigenvalue weighted by Gasteiger charge is 2.15. The van der Waals surface area contributed by atoms with Crippen molar-refractivity contribution >= 4 is 17.4 Å². The van der Waals surface area contributed by atoms with Crippen LogP contribution in [-0.2, 0) is 0 Å². The first kappa shape index (κ1) is 14.0. The molecule has 0 aliphatic rings. The fraction of sp³-hybridized carbons (Fsp3) is 0.143. The molecule has 0 amide bonds. The first-order valence-corrected chi connectivity index (χ1v) is 6.00. The van der Waals surface area contributed by atoms with Gasteiger partial charge in [-0.15, -0.1) is 0 Å². The molecule has 0 unspecified atom stereocenters. The van der Waals surface area contributed by atoms with Crippen molar-refractivity contribution in [1.29, 1.82) is 0 Å². The summed E-state index contributed by atoms with van der Waals surface area (Å²) in [4.78, 5) is 15.7. The Morgan fingerprint density at radius 2 is 2.05 bits per heavy atom. The topological polar surface area (TPSA) is 67.2 Å². The number of anilines is 1. The largest absolute Gasteiger partial charge is 0.291 e. The Labute approximate surface area is 115 Å². The zero-order valence-corrected chi connectivity index (χ0v) is 11.1. The smallest absolute Gasteiger partial charge is 0.229 e. The van der Waals surface area contributed by atoms with Gasteiger partial charge in [0.25, 0.3) is 0 Å². The Kier molecular flexibility index (Phi) is 3.95. The van der Waals surface area contributed by atoms with Crippen LogP contribution in [0.2, 0.25) is 0 Å². The van der Waals surface area contributed by atoms with Crippen molar-refractivity contribution in [3.63, 3.8) is 0 Å². The van der Waals surface area contributed by atoms with Gasteiger partial charge in [-0.25, -0.2) is 9.37 Å². The molecule has 0 fully saturated rings. The van der Waals surface area contributed by atoms with Crippen molar-refractivity contribution in [3.8, 4) is 11.3 Å². The van der Waals surface area contributed by atoms with Gasteiger partial charge in [0.1, 0.15) is 0 Å². The maximum absolute atomic E-state index is 13.7. The molecule has 0 bridgehead atoms.